The lowest BCUT2D eigenvalue weighted by Crippen LogP contribution is -2.42. The molecule has 22 heavy (non-hydrogen) atoms. The monoisotopic (exact) mass is 316 g/mol. The van der Waals surface area contributed by atoms with Crippen LogP contribution in [-0.2, 0) is 0 Å². The third-order valence-corrected chi connectivity index (χ3v) is 4.84. The number of carbonyl (C=O) groups is 1. The normalized spacial score (nSPS) is 15.6. The summed E-state index contributed by atoms with van der Waals surface area (Å²) in [6, 6.07) is 12.1. The Morgan fingerprint density at radius 3 is 2.68 bits per heavy atom. The predicted octanol–water partition coefficient (Wildman–Crippen LogP) is 3.47. The van der Waals surface area contributed by atoms with Crippen molar-refractivity contribution in [1.82, 2.24) is 4.90 Å². The highest BCUT2D eigenvalue weighted by atomic mass is 32.1. The van der Waals surface area contributed by atoms with Crippen molar-refractivity contribution in [2.24, 2.45) is 0 Å². The molecule has 5 heteroatoms. The number of nitrogens with one attached hydrogen (secondary N) is 1. The Hall–Kier alpha value is -2.01. The van der Waals surface area contributed by atoms with Gasteiger partial charge in [0.1, 0.15) is 5.75 Å². The zero-order valence-electron chi connectivity index (χ0n) is 12.6. The van der Waals surface area contributed by atoms with Crippen LogP contribution < -0.4 is 10.1 Å². The van der Waals surface area contributed by atoms with Gasteiger partial charge in [-0.2, -0.15) is 0 Å². The largest absolute Gasteiger partial charge is 0.495 e. The summed E-state index contributed by atoms with van der Waals surface area (Å²) in [5.74, 6) is 1.02. The van der Waals surface area contributed by atoms with Crippen LogP contribution in [-0.4, -0.2) is 37.0 Å². The summed E-state index contributed by atoms with van der Waals surface area (Å²) < 4.78 is 5.37. The molecule has 0 saturated carbocycles. The Morgan fingerprint density at radius 2 is 2.00 bits per heavy atom. The Balaban J connectivity index is 1.57. The summed E-state index contributed by atoms with van der Waals surface area (Å²) in [4.78, 5) is 15.1. The molecule has 4 nitrogen and oxygen atoms in total. The summed E-state index contributed by atoms with van der Waals surface area (Å²) in [5.41, 5.74) is 1.02. The van der Waals surface area contributed by atoms with Gasteiger partial charge in [0.05, 0.1) is 17.7 Å². The number of hydrogen-bond donors (Lipinski definition) is 1. The molecule has 0 bridgehead atoms. The zero-order chi connectivity index (χ0) is 15.4. The molecule has 1 aromatic carbocycles. The van der Waals surface area contributed by atoms with Gasteiger partial charge in [-0.15, -0.1) is 11.3 Å². The van der Waals surface area contributed by atoms with Crippen molar-refractivity contribution >= 4 is 22.9 Å². The number of amides is 1. The molecule has 1 aliphatic rings. The van der Waals surface area contributed by atoms with E-state index in [0.29, 0.717) is 6.04 Å². The van der Waals surface area contributed by atoms with Gasteiger partial charge in [-0.3, -0.25) is 4.79 Å². The fourth-order valence-corrected chi connectivity index (χ4v) is 3.46. The van der Waals surface area contributed by atoms with E-state index < -0.39 is 0 Å². The molecule has 1 N–H and O–H groups in total. The second-order valence-corrected chi connectivity index (χ2v) is 6.34. The molecule has 116 valence electrons. The molecular weight excluding hydrogens is 296 g/mol. The van der Waals surface area contributed by atoms with Crippen molar-refractivity contribution in [3.8, 4) is 5.75 Å². The number of rotatable bonds is 4. The van der Waals surface area contributed by atoms with Gasteiger partial charge in [0.15, 0.2) is 0 Å². The number of nitrogens with zero attached hydrogens (tertiary/aromatic N) is 1. The maximum atomic E-state index is 12.3. The number of ether oxygens (including phenoxy) is 1. The van der Waals surface area contributed by atoms with Crippen LogP contribution in [0.2, 0.25) is 0 Å². The van der Waals surface area contributed by atoms with E-state index in [9.17, 15) is 4.79 Å². The van der Waals surface area contributed by atoms with Crippen molar-refractivity contribution in [1.29, 1.82) is 0 Å². The minimum atomic E-state index is 0.158. The number of methoxy groups -OCH3 is 1. The van der Waals surface area contributed by atoms with E-state index >= 15 is 0 Å². The predicted molar refractivity (Wildman–Crippen MR) is 89.9 cm³/mol. The molecule has 0 unspecified atom stereocenters. The lowest BCUT2D eigenvalue weighted by Gasteiger charge is -2.33. The number of carbonyl (C=O) groups excluding carboxylic acids is 1. The SMILES string of the molecule is COc1ccccc1NC1CCN(C(=O)c2cccs2)CC1. The molecule has 0 radical (unpaired) electrons. The summed E-state index contributed by atoms with van der Waals surface area (Å²) >= 11 is 1.51. The number of benzene rings is 1. The van der Waals surface area contributed by atoms with E-state index in [1.54, 1.807) is 7.11 Å². The van der Waals surface area contributed by atoms with Crippen molar-refractivity contribution in [3.63, 3.8) is 0 Å². The molecule has 0 atom stereocenters. The first-order valence-corrected chi connectivity index (χ1v) is 8.38. The second kappa shape index (κ2) is 6.83. The zero-order valence-corrected chi connectivity index (χ0v) is 13.4. The smallest absolute Gasteiger partial charge is 0.263 e. The van der Waals surface area contributed by atoms with Gasteiger partial charge < -0.3 is 15.0 Å². The van der Waals surface area contributed by atoms with Crippen molar-refractivity contribution in [3.05, 3.63) is 46.7 Å². The quantitative estimate of drug-likeness (QED) is 0.939. The number of para-hydroxylation sites is 2. The highest BCUT2D eigenvalue weighted by molar-refractivity contribution is 7.12. The van der Waals surface area contributed by atoms with Crippen LogP contribution in [0.25, 0.3) is 0 Å². The average molecular weight is 316 g/mol. The van der Waals surface area contributed by atoms with Crippen LogP contribution in [0.3, 0.4) is 0 Å². The summed E-state index contributed by atoms with van der Waals surface area (Å²) in [6.45, 7) is 1.59. The molecule has 3 rings (SSSR count). The topological polar surface area (TPSA) is 41.6 Å². The molecule has 2 aromatic rings. The van der Waals surface area contributed by atoms with E-state index in [2.05, 4.69) is 5.32 Å². The van der Waals surface area contributed by atoms with Gasteiger partial charge in [0.25, 0.3) is 5.91 Å². The number of thiophene rings is 1. The molecule has 0 spiro atoms. The first-order valence-electron chi connectivity index (χ1n) is 7.50. The lowest BCUT2D eigenvalue weighted by atomic mass is 10.0. The molecule has 0 aliphatic carbocycles. The number of piperidine rings is 1. The standard InChI is InChI=1S/C17H20N2O2S/c1-21-15-6-3-2-5-14(15)18-13-8-10-19(11-9-13)17(20)16-7-4-12-22-16/h2-7,12-13,18H,8-11H2,1H3. The van der Waals surface area contributed by atoms with Gasteiger partial charge in [0.2, 0.25) is 0 Å². The first-order chi connectivity index (χ1) is 10.8. The van der Waals surface area contributed by atoms with Crippen LogP contribution in [0.1, 0.15) is 22.5 Å². The lowest BCUT2D eigenvalue weighted by molar-refractivity contribution is 0.0723. The summed E-state index contributed by atoms with van der Waals surface area (Å²) in [7, 11) is 1.68. The highest BCUT2D eigenvalue weighted by Crippen LogP contribution is 2.26. The van der Waals surface area contributed by atoms with Gasteiger partial charge in [-0.25, -0.2) is 0 Å². The van der Waals surface area contributed by atoms with Crippen LogP contribution in [0.5, 0.6) is 5.75 Å². The maximum Gasteiger partial charge on any atom is 0.263 e. The summed E-state index contributed by atoms with van der Waals surface area (Å²) in [6.07, 6.45) is 1.91. The van der Waals surface area contributed by atoms with Crippen LogP contribution in [0.15, 0.2) is 41.8 Å². The van der Waals surface area contributed by atoms with E-state index in [4.69, 9.17) is 4.74 Å². The molecular formula is C17H20N2O2S. The van der Waals surface area contributed by atoms with Crippen LogP contribution in [0, 0.1) is 0 Å². The third kappa shape index (κ3) is 3.25. The van der Waals surface area contributed by atoms with E-state index in [-0.39, 0.29) is 5.91 Å². The third-order valence-electron chi connectivity index (χ3n) is 3.98. The number of hydrogen-bond acceptors (Lipinski definition) is 4. The van der Waals surface area contributed by atoms with Gasteiger partial charge in [-0.1, -0.05) is 18.2 Å². The number of anilines is 1. The average Bonchev–Trinajstić information content (AvgIpc) is 3.10. The van der Waals surface area contributed by atoms with E-state index in [1.165, 1.54) is 11.3 Å². The van der Waals surface area contributed by atoms with Gasteiger partial charge in [-0.05, 0) is 36.4 Å². The van der Waals surface area contributed by atoms with Crippen LogP contribution in [0.4, 0.5) is 5.69 Å². The van der Waals surface area contributed by atoms with Crippen molar-refractivity contribution in [2.75, 3.05) is 25.5 Å². The Bertz CT molecular complexity index is 619. The second-order valence-electron chi connectivity index (χ2n) is 5.39. The number of likely N-dealkylation sites (tertiary alicyclic amines) is 1. The molecule has 1 aliphatic heterocycles. The maximum absolute atomic E-state index is 12.3. The molecule has 1 aromatic heterocycles. The molecule has 1 amide bonds. The van der Waals surface area contributed by atoms with E-state index in [0.717, 1.165) is 42.2 Å². The van der Waals surface area contributed by atoms with Crippen LogP contribution >= 0.6 is 11.3 Å². The Kier molecular flexibility index (Phi) is 4.63. The minimum absolute atomic E-state index is 0.158. The van der Waals surface area contributed by atoms with Gasteiger partial charge >= 0.3 is 0 Å². The van der Waals surface area contributed by atoms with Gasteiger partial charge in [0, 0.05) is 19.1 Å². The molecule has 2 heterocycles. The fourth-order valence-electron chi connectivity index (χ4n) is 2.77. The van der Waals surface area contributed by atoms with E-state index in [1.807, 2.05) is 46.7 Å². The van der Waals surface area contributed by atoms with Crippen molar-refractivity contribution < 1.29 is 9.53 Å². The molecule has 1 saturated heterocycles. The Morgan fingerprint density at radius 1 is 1.23 bits per heavy atom. The fraction of sp³-hybridized carbons (Fsp3) is 0.353. The summed E-state index contributed by atoms with van der Waals surface area (Å²) in [5, 5.41) is 5.48. The van der Waals surface area contributed by atoms with Crippen molar-refractivity contribution in [2.45, 2.75) is 18.9 Å². The minimum Gasteiger partial charge on any atom is -0.495 e. The first kappa shape index (κ1) is 14.9. The highest BCUT2D eigenvalue weighted by Gasteiger charge is 2.24. The molecule has 1 fully saturated rings. The Labute approximate surface area is 134 Å².